The summed E-state index contributed by atoms with van der Waals surface area (Å²) in [6, 6.07) is 72.5. The highest BCUT2D eigenvalue weighted by molar-refractivity contribution is 6.23. The molecule has 4 heteroatoms. The van der Waals surface area contributed by atoms with Crippen LogP contribution < -0.4 is 0 Å². The second-order valence-corrected chi connectivity index (χ2v) is 14.4. The minimum absolute atomic E-state index is 0.693. The van der Waals surface area contributed by atoms with Gasteiger partial charge in [-0.2, -0.15) is 0 Å². The van der Waals surface area contributed by atoms with Crippen molar-refractivity contribution in [3.63, 3.8) is 0 Å². The number of hydrogen-bond acceptors (Lipinski definition) is 3. The lowest BCUT2D eigenvalue weighted by Gasteiger charge is -2.16. The molecule has 0 radical (unpaired) electrons. The van der Waals surface area contributed by atoms with Crippen LogP contribution in [0.4, 0.5) is 0 Å². The molecule has 11 aromatic rings. The molecule has 57 heavy (non-hydrogen) atoms. The van der Waals surface area contributed by atoms with Crippen LogP contribution in [-0.2, 0) is 0 Å². The van der Waals surface area contributed by atoms with E-state index in [9.17, 15) is 0 Å². The monoisotopic (exact) mass is 726 g/mol. The quantitative estimate of drug-likeness (QED) is 0.171. The van der Waals surface area contributed by atoms with Crippen LogP contribution in [0.25, 0.3) is 105 Å². The molecule has 0 unspecified atom stereocenters. The summed E-state index contributed by atoms with van der Waals surface area (Å²) in [5.41, 5.74) is 13.6. The van der Waals surface area contributed by atoms with Gasteiger partial charge in [0.05, 0.1) is 39.3 Å². The highest BCUT2D eigenvalue weighted by Crippen LogP contribution is 2.43. The average Bonchev–Trinajstić information content (AvgIpc) is 3.64. The van der Waals surface area contributed by atoms with Gasteiger partial charge in [-0.3, -0.25) is 0 Å². The summed E-state index contributed by atoms with van der Waals surface area (Å²) in [7, 11) is 0. The van der Waals surface area contributed by atoms with Crippen LogP contribution in [-0.4, -0.2) is 19.5 Å². The van der Waals surface area contributed by atoms with E-state index >= 15 is 0 Å². The molecule has 0 aliphatic rings. The first-order chi connectivity index (χ1) is 28.3. The summed E-state index contributed by atoms with van der Waals surface area (Å²) in [6.45, 7) is 0. The maximum absolute atomic E-state index is 5.31. The Balaban J connectivity index is 1.15. The summed E-state index contributed by atoms with van der Waals surface area (Å²) in [5.74, 6) is 0.693. The molecule has 0 saturated heterocycles. The third-order valence-corrected chi connectivity index (χ3v) is 11.0. The van der Waals surface area contributed by atoms with Crippen molar-refractivity contribution in [1.82, 2.24) is 19.5 Å². The molecule has 0 aliphatic carbocycles. The second kappa shape index (κ2) is 13.6. The van der Waals surface area contributed by atoms with E-state index in [1.54, 1.807) is 0 Å². The standard InChI is InChI=1S/C53H34N4/c1-4-16-35(17-5-1)36-28-30-37(31-29-36)46-34-47(56-53(55-46)39-20-8-3-9-21-39)41-32-33-49(42-23-11-10-22-40(41)42)57-48-27-15-13-25-44(48)50-51(38-18-6-2-7-19-38)54-45-26-14-12-24-43(45)52(50)57/h1-34H. The van der Waals surface area contributed by atoms with Crippen molar-refractivity contribution < 1.29 is 0 Å². The Morgan fingerprint density at radius 2 is 0.895 bits per heavy atom. The maximum atomic E-state index is 5.31. The number of para-hydroxylation sites is 2. The van der Waals surface area contributed by atoms with Crippen molar-refractivity contribution in [1.29, 1.82) is 0 Å². The van der Waals surface area contributed by atoms with Crippen molar-refractivity contribution >= 4 is 43.5 Å². The molecular weight excluding hydrogens is 693 g/mol. The van der Waals surface area contributed by atoms with Crippen LogP contribution in [0.5, 0.6) is 0 Å². The van der Waals surface area contributed by atoms with E-state index in [0.29, 0.717) is 5.82 Å². The van der Waals surface area contributed by atoms with E-state index in [0.717, 1.165) is 83.1 Å². The SMILES string of the molecule is c1ccc(-c2ccc(-c3cc(-c4ccc(-n5c6ccccc6c6c(-c7ccccc7)nc7ccccc7c65)c5ccccc45)nc(-c4ccccc4)n3)cc2)cc1. The number of pyridine rings is 1. The van der Waals surface area contributed by atoms with Gasteiger partial charge in [-0.05, 0) is 40.8 Å². The summed E-state index contributed by atoms with van der Waals surface area (Å²) in [4.78, 5) is 15.7. The van der Waals surface area contributed by atoms with Gasteiger partial charge in [0.1, 0.15) is 0 Å². The molecule has 11 rings (SSSR count). The molecular formula is C53H34N4. The van der Waals surface area contributed by atoms with Crippen LogP contribution in [0.3, 0.4) is 0 Å². The maximum Gasteiger partial charge on any atom is 0.160 e. The first kappa shape index (κ1) is 32.7. The second-order valence-electron chi connectivity index (χ2n) is 14.4. The molecule has 0 atom stereocenters. The summed E-state index contributed by atoms with van der Waals surface area (Å²) in [5, 5.41) is 5.68. The number of fused-ring (bicyclic) bond motifs is 6. The van der Waals surface area contributed by atoms with Crippen molar-refractivity contribution in [2.45, 2.75) is 0 Å². The van der Waals surface area contributed by atoms with Gasteiger partial charge in [0.15, 0.2) is 5.82 Å². The smallest absolute Gasteiger partial charge is 0.160 e. The first-order valence-electron chi connectivity index (χ1n) is 19.3. The molecule has 266 valence electrons. The Kier molecular flexibility index (Phi) is 7.78. The van der Waals surface area contributed by atoms with Gasteiger partial charge < -0.3 is 4.57 Å². The summed E-state index contributed by atoms with van der Waals surface area (Å²) >= 11 is 0. The van der Waals surface area contributed by atoms with Crippen LogP contribution in [0.1, 0.15) is 0 Å². The van der Waals surface area contributed by atoms with Crippen LogP contribution >= 0.6 is 0 Å². The number of rotatable bonds is 6. The van der Waals surface area contributed by atoms with Gasteiger partial charge in [-0.15, -0.1) is 0 Å². The number of hydrogen-bond donors (Lipinski definition) is 0. The van der Waals surface area contributed by atoms with E-state index in [1.165, 1.54) is 16.5 Å². The topological polar surface area (TPSA) is 43.6 Å². The predicted molar refractivity (Wildman–Crippen MR) is 236 cm³/mol. The number of benzene rings is 8. The van der Waals surface area contributed by atoms with Gasteiger partial charge in [-0.1, -0.05) is 182 Å². The third kappa shape index (κ3) is 5.58. The minimum Gasteiger partial charge on any atom is -0.308 e. The molecule has 0 fully saturated rings. The largest absolute Gasteiger partial charge is 0.308 e. The van der Waals surface area contributed by atoms with Crippen LogP contribution in [0.2, 0.25) is 0 Å². The predicted octanol–water partition coefficient (Wildman–Crippen LogP) is 13.6. The lowest BCUT2D eigenvalue weighted by molar-refractivity contribution is 1.18. The minimum atomic E-state index is 0.693. The number of aromatic nitrogens is 4. The van der Waals surface area contributed by atoms with Gasteiger partial charge >= 0.3 is 0 Å². The molecule has 0 amide bonds. The van der Waals surface area contributed by atoms with Crippen molar-refractivity contribution in [2.75, 3.05) is 0 Å². The Morgan fingerprint density at radius 1 is 0.351 bits per heavy atom. The molecule has 8 aromatic carbocycles. The third-order valence-electron chi connectivity index (χ3n) is 11.0. The van der Waals surface area contributed by atoms with Gasteiger partial charge in [0.2, 0.25) is 0 Å². The highest BCUT2D eigenvalue weighted by Gasteiger charge is 2.22. The highest BCUT2D eigenvalue weighted by atomic mass is 15.0. The lowest BCUT2D eigenvalue weighted by Crippen LogP contribution is -1.99. The van der Waals surface area contributed by atoms with E-state index in [1.807, 2.05) is 24.3 Å². The fourth-order valence-corrected chi connectivity index (χ4v) is 8.35. The Bertz CT molecular complexity index is 3260. The molecule has 0 N–H and O–H groups in total. The zero-order valence-corrected chi connectivity index (χ0v) is 30.9. The molecule has 0 saturated carbocycles. The average molecular weight is 727 g/mol. The summed E-state index contributed by atoms with van der Waals surface area (Å²) < 4.78 is 2.45. The Hall–Kier alpha value is -7.69. The zero-order chi connectivity index (χ0) is 37.7. The molecule has 3 heterocycles. The van der Waals surface area contributed by atoms with E-state index < -0.39 is 0 Å². The molecule has 0 spiro atoms. The van der Waals surface area contributed by atoms with Crippen molar-refractivity contribution in [3.05, 3.63) is 206 Å². The normalized spacial score (nSPS) is 11.5. The van der Waals surface area contributed by atoms with Crippen LogP contribution in [0.15, 0.2) is 206 Å². The molecule has 3 aromatic heterocycles. The van der Waals surface area contributed by atoms with E-state index in [-0.39, 0.29) is 0 Å². The van der Waals surface area contributed by atoms with E-state index in [2.05, 4.69) is 187 Å². The Morgan fingerprint density at radius 3 is 1.63 bits per heavy atom. The summed E-state index contributed by atoms with van der Waals surface area (Å²) in [6.07, 6.45) is 0. The molecule has 4 nitrogen and oxygen atoms in total. The number of nitrogens with zero attached hydrogens (tertiary/aromatic N) is 4. The van der Waals surface area contributed by atoms with Crippen LogP contribution in [0, 0.1) is 0 Å². The lowest BCUT2D eigenvalue weighted by atomic mass is 9.98. The van der Waals surface area contributed by atoms with Gasteiger partial charge in [0.25, 0.3) is 0 Å². The van der Waals surface area contributed by atoms with Crippen molar-refractivity contribution in [3.8, 4) is 62.0 Å². The molecule has 0 bridgehead atoms. The van der Waals surface area contributed by atoms with Gasteiger partial charge in [0, 0.05) is 43.8 Å². The van der Waals surface area contributed by atoms with Gasteiger partial charge in [-0.25, -0.2) is 15.0 Å². The zero-order valence-electron chi connectivity index (χ0n) is 30.9. The Labute approximate surface area is 330 Å². The molecule has 0 aliphatic heterocycles. The fourth-order valence-electron chi connectivity index (χ4n) is 8.35. The van der Waals surface area contributed by atoms with E-state index in [4.69, 9.17) is 15.0 Å². The first-order valence-corrected chi connectivity index (χ1v) is 19.3. The van der Waals surface area contributed by atoms with Crippen molar-refractivity contribution in [2.24, 2.45) is 0 Å². The fraction of sp³-hybridized carbons (Fsp3) is 0.